The van der Waals surface area contributed by atoms with E-state index in [2.05, 4.69) is 20.9 Å². The highest BCUT2D eigenvalue weighted by molar-refractivity contribution is 9.10. The molecule has 3 nitrogen and oxygen atoms in total. The average Bonchev–Trinajstić information content (AvgIpc) is 2.68. The van der Waals surface area contributed by atoms with E-state index in [4.69, 9.17) is 4.74 Å². The van der Waals surface area contributed by atoms with Crippen LogP contribution in [-0.4, -0.2) is 12.1 Å². The van der Waals surface area contributed by atoms with E-state index in [0.29, 0.717) is 18.9 Å². The van der Waals surface area contributed by atoms with E-state index >= 15 is 0 Å². The molecular weight excluding hydrogens is 445 g/mol. The summed E-state index contributed by atoms with van der Waals surface area (Å²) in [6.07, 6.45) is -4.46. The van der Waals surface area contributed by atoms with Gasteiger partial charge in [-0.25, -0.2) is 4.98 Å². The molecule has 152 valence electrons. The van der Waals surface area contributed by atoms with E-state index in [-0.39, 0.29) is 4.60 Å². The Labute approximate surface area is 176 Å². The highest BCUT2D eigenvalue weighted by Crippen LogP contribution is 2.35. The van der Waals surface area contributed by atoms with Gasteiger partial charge in [-0.1, -0.05) is 42.0 Å². The van der Waals surface area contributed by atoms with E-state index in [9.17, 15) is 13.2 Å². The van der Waals surface area contributed by atoms with Gasteiger partial charge in [-0.05, 0) is 58.2 Å². The van der Waals surface area contributed by atoms with Crippen LogP contribution in [0.25, 0.3) is 0 Å². The monoisotopic (exact) mass is 464 g/mol. The quantitative estimate of drug-likeness (QED) is 0.395. The number of hydrogen-bond donors (Lipinski definition) is 0. The van der Waals surface area contributed by atoms with Crippen molar-refractivity contribution in [3.8, 4) is 5.75 Å². The van der Waals surface area contributed by atoms with Gasteiger partial charge >= 0.3 is 6.18 Å². The first-order valence-corrected chi connectivity index (χ1v) is 9.73. The van der Waals surface area contributed by atoms with E-state index < -0.39 is 11.7 Å². The van der Waals surface area contributed by atoms with Crippen LogP contribution in [0.3, 0.4) is 0 Å². The van der Waals surface area contributed by atoms with Crippen molar-refractivity contribution in [2.75, 3.05) is 12.0 Å². The third-order valence-electron chi connectivity index (χ3n) is 4.49. The summed E-state index contributed by atoms with van der Waals surface area (Å²) in [5.41, 5.74) is 2.39. The Morgan fingerprint density at radius 1 is 0.897 bits per heavy atom. The molecular formula is C22H20BrF3N2O. The SMILES string of the molecule is COc1ccc(CN(Cc2ccc(C)cc2)c2ccc(C(F)(F)F)c(Br)n2)cc1. The van der Waals surface area contributed by atoms with Crippen molar-refractivity contribution in [3.05, 3.63) is 87.5 Å². The molecule has 2 aromatic carbocycles. The van der Waals surface area contributed by atoms with Gasteiger partial charge in [0.05, 0.1) is 12.7 Å². The number of ether oxygens (including phenoxy) is 1. The van der Waals surface area contributed by atoms with Crippen molar-refractivity contribution < 1.29 is 17.9 Å². The number of anilines is 1. The van der Waals surface area contributed by atoms with Crippen molar-refractivity contribution in [3.63, 3.8) is 0 Å². The molecule has 0 aliphatic carbocycles. The molecule has 1 aromatic heterocycles. The number of nitrogens with zero attached hydrogens (tertiary/aromatic N) is 2. The first-order valence-electron chi connectivity index (χ1n) is 8.93. The van der Waals surface area contributed by atoms with Crippen LogP contribution < -0.4 is 9.64 Å². The molecule has 0 spiro atoms. The van der Waals surface area contributed by atoms with Gasteiger partial charge in [0.2, 0.25) is 0 Å². The first kappa shape index (κ1) is 21.2. The third-order valence-corrected chi connectivity index (χ3v) is 5.09. The highest BCUT2D eigenvalue weighted by Gasteiger charge is 2.34. The third kappa shape index (κ3) is 5.50. The lowest BCUT2D eigenvalue weighted by Crippen LogP contribution is -2.23. The van der Waals surface area contributed by atoms with E-state index in [1.807, 2.05) is 60.4 Å². The fourth-order valence-corrected chi connectivity index (χ4v) is 3.43. The summed E-state index contributed by atoms with van der Waals surface area (Å²) in [5.74, 6) is 1.20. The summed E-state index contributed by atoms with van der Waals surface area (Å²) in [7, 11) is 1.60. The predicted octanol–water partition coefficient (Wildman–Crippen LogP) is 6.39. The minimum Gasteiger partial charge on any atom is -0.497 e. The van der Waals surface area contributed by atoms with Crippen molar-refractivity contribution in [2.45, 2.75) is 26.2 Å². The van der Waals surface area contributed by atoms with Crippen molar-refractivity contribution in [2.24, 2.45) is 0 Å². The molecule has 3 aromatic rings. The molecule has 7 heteroatoms. The molecule has 0 atom stereocenters. The Morgan fingerprint density at radius 3 is 1.93 bits per heavy atom. The summed E-state index contributed by atoms with van der Waals surface area (Å²) in [6, 6.07) is 18.1. The molecule has 0 radical (unpaired) electrons. The van der Waals surface area contributed by atoms with E-state index in [1.165, 1.54) is 6.07 Å². The number of aromatic nitrogens is 1. The smallest absolute Gasteiger partial charge is 0.419 e. The Bertz CT molecular complexity index is 957. The maximum Gasteiger partial charge on any atom is 0.419 e. The summed E-state index contributed by atoms with van der Waals surface area (Å²) in [5, 5.41) is 0. The zero-order valence-corrected chi connectivity index (χ0v) is 17.6. The largest absolute Gasteiger partial charge is 0.497 e. The number of methoxy groups -OCH3 is 1. The average molecular weight is 465 g/mol. The second-order valence-corrected chi connectivity index (χ2v) is 7.45. The second kappa shape index (κ2) is 8.86. The number of halogens is 4. The first-order chi connectivity index (χ1) is 13.8. The fourth-order valence-electron chi connectivity index (χ4n) is 2.90. The zero-order chi connectivity index (χ0) is 21.0. The van der Waals surface area contributed by atoms with Gasteiger partial charge in [0.1, 0.15) is 16.2 Å². The topological polar surface area (TPSA) is 25.4 Å². The van der Waals surface area contributed by atoms with Crippen LogP contribution in [0.2, 0.25) is 0 Å². The normalized spacial score (nSPS) is 11.4. The van der Waals surface area contributed by atoms with Gasteiger partial charge in [0.25, 0.3) is 0 Å². The maximum absolute atomic E-state index is 13.1. The molecule has 3 rings (SSSR count). The van der Waals surface area contributed by atoms with Crippen LogP contribution in [0.15, 0.2) is 65.3 Å². The molecule has 0 fully saturated rings. The summed E-state index contributed by atoms with van der Waals surface area (Å²) in [6.45, 7) is 3.01. The molecule has 0 bridgehead atoms. The second-order valence-electron chi connectivity index (χ2n) is 6.70. The molecule has 0 aliphatic heterocycles. The molecule has 0 saturated heterocycles. The number of aryl methyl sites for hydroxylation is 1. The minimum absolute atomic E-state index is 0.217. The van der Waals surface area contributed by atoms with Crippen LogP contribution >= 0.6 is 15.9 Å². The Morgan fingerprint density at radius 2 is 1.45 bits per heavy atom. The van der Waals surface area contributed by atoms with Gasteiger partial charge in [-0.2, -0.15) is 13.2 Å². The van der Waals surface area contributed by atoms with Crippen molar-refractivity contribution in [1.29, 1.82) is 0 Å². The highest BCUT2D eigenvalue weighted by atomic mass is 79.9. The molecule has 0 N–H and O–H groups in total. The Balaban J connectivity index is 1.92. The number of benzene rings is 2. The predicted molar refractivity (Wildman–Crippen MR) is 111 cm³/mol. The molecule has 0 unspecified atom stereocenters. The molecule has 0 aliphatic rings. The van der Waals surface area contributed by atoms with Gasteiger partial charge in [0.15, 0.2) is 0 Å². The van der Waals surface area contributed by atoms with Crippen molar-refractivity contribution in [1.82, 2.24) is 4.98 Å². The van der Waals surface area contributed by atoms with Crippen LogP contribution in [0.1, 0.15) is 22.3 Å². The lowest BCUT2D eigenvalue weighted by atomic mass is 10.1. The molecule has 0 saturated carbocycles. The van der Waals surface area contributed by atoms with E-state index in [1.54, 1.807) is 7.11 Å². The molecule has 29 heavy (non-hydrogen) atoms. The number of alkyl halides is 3. The standard InChI is InChI=1S/C22H20BrF3N2O/c1-15-3-5-16(6-4-15)13-28(14-17-7-9-18(29-2)10-8-17)20-12-11-19(21(23)27-20)22(24,25)26/h3-12H,13-14H2,1-2H3. The van der Waals surface area contributed by atoms with Gasteiger partial charge in [-0.15, -0.1) is 0 Å². The number of hydrogen-bond acceptors (Lipinski definition) is 3. The van der Waals surface area contributed by atoms with Crippen LogP contribution in [0, 0.1) is 6.92 Å². The van der Waals surface area contributed by atoms with Gasteiger partial charge in [-0.3, -0.25) is 0 Å². The van der Waals surface area contributed by atoms with Gasteiger partial charge < -0.3 is 9.64 Å². The Hall–Kier alpha value is -2.54. The van der Waals surface area contributed by atoms with Gasteiger partial charge in [0, 0.05) is 13.1 Å². The summed E-state index contributed by atoms with van der Waals surface area (Å²) in [4.78, 5) is 6.12. The summed E-state index contributed by atoms with van der Waals surface area (Å²) >= 11 is 2.98. The lowest BCUT2D eigenvalue weighted by Gasteiger charge is -2.25. The maximum atomic E-state index is 13.1. The summed E-state index contributed by atoms with van der Waals surface area (Å²) < 4.78 is 44.2. The van der Waals surface area contributed by atoms with Crippen LogP contribution in [-0.2, 0) is 19.3 Å². The lowest BCUT2D eigenvalue weighted by molar-refractivity contribution is -0.138. The van der Waals surface area contributed by atoms with Crippen LogP contribution in [0.4, 0.5) is 19.0 Å². The Kier molecular flexibility index (Phi) is 6.47. The fraction of sp³-hybridized carbons (Fsp3) is 0.227. The minimum atomic E-state index is -4.46. The van der Waals surface area contributed by atoms with E-state index in [0.717, 1.165) is 28.5 Å². The molecule has 1 heterocycles. The van der Waals surface area contributed by atoms with Crippen molar-refractivity contribution >= 4 is 21.7 Å². The number of pyridine rings is 1. The molecule has 0 amide bonds. The van der Waals surface area contributed by atoms with Crippen LogP contribution in [0.5, 0.6) is 5.75 Å². The zero-order valence-electron chi connectivity index (χ0n) is 16.0. The number of rotatable bonds is 6.